The van der Waals surface area contributed by atoms with E-state index in [0.717, 1.165) is 26.2 Å². The molecular formula is C13H18F2N2O. The number of alkyl halides is 1. The molecule has 1 fully saturated rings. The molecule has 0 amide bonds. The van der Waals surface area contributed by atoms with E-state index >= 15 is 0 Å². The van der Waals surface area contributed by atoms with Crippen LogP contribution in [0.5, 0.6) is 5.75 Å². The van der Waals surface area contributed by atoms with E-state index in [9.17, 15) is 8.78 Å². The van der Waals surface area contributed by atoms with Crippen LogP contribution in [0.25, 0.3) is 0 Å². The van der Waals surface area contributed by atoms with Crippen LogP contribution in [0.1, 0.15) is 11.6 Å². The van der Waals surface area contributed by atoms with Crippen molar-refractivity contribution >= 4 is 0 Å². The summed E-state index contributed by atoms with van der Waals surface area (Å²) in [4.78, 5) is 1.97. The third-order valence-electron chi connectivity index (χ3n) is 3.31. The molecule has 0 radical (unpaired) electrons. The molecule has 0 saturated carbocycles. The monoisotopic (exact) mass is 256 g/mol. The van der Waals surface area contributed by atoms with Crippen LogP contribution in [0.4, 0.5) is 8.78 Å². The Kier molecular flexibility index (Phi) is 4.49. The summed E-state index contributed by atoms with van der Waals surface area (Å²) in [6.45, 7) is 2.52. The number of hydrogen-bond acceptors (Lipinski definition) is 3. The predicted octanol–water partition coefficient (Wildman–Crippen LogP) is 1.75. The first-order chi connectivity index (χ1) is 8.76. The van der Waals surface area contributed by atoms with Gasteiger partial charge in [-0.15, -0.1) is 0 Å². The van der Waals surface area contributed by atoms with Crippen LogP contribution in [0, 0.1) is 5.82 Å². The minimum atomic E-state index is -0.580. The maximum Gasteiger partial charge on any atom is 0.131 e. The fourth-order valence-corrected chi connectivity index (χ4v) is 2.28. The fourth-order valence-electron chi connectivity index (χ4n) is 2.28. The number of nitrogens with zero attached hydrogens (tertiary/aromatic N) is 1. The Hall–Kier alpha value is -1.20. The van der Waals surface area contributed by atoms with Crippen LogP contribution in [-0.4, -0.2) is 44.9 Å². The summed E-state index contributed by atoms with van der Waals surface area (Å²) < 4.78 is 32.1. The van der Waals surface area contributed by atoms with Gasteiger partial charge in [-0.3, -0.25) is 4.90 Å². The van der Waals surface area contributed by atoms with E-state index in [1.165, 1.54) is 13.2 Å². The zero-order valence-electron chi connectivity index (χ0n) is 10.5. The van der Waals surface area contributed by atoms with Gasteiger partial charge in [0.15, 0.2) is 0 Å². The summed E-state index contributed by atoms with van der Waals surface area (Å²) in [6, 6.07) is 4.09. The summed E-state index contributed by atoms with van der Waals surface area (Å²) in [6.07, 6.45) is 0. The highest BCUT2D eigenvalue weighted by Crippen LogP contribution is 2.27. The van der Waals surface area contributed by atoms with Gasteiger partial charge >= 0.3 is 0 Å². The molecule has 1 saturated heterocycles. The second-order valence-electron chi connectivity index (χ2n) is 4.34. The number of halogens is 2. The Morgan fingerprint density at radius 1 is 1.39 bits per heavy atom. The van der Waals surface area contributed by atoms with E-state index in [1.54, 1.807) is 12.1 Å². The number of nitrogens with one attached hydrogen (secondary N) is 1. The van der Waals surface area contributed by atoms with Crippen molar-refractivity contribution in [3.05, 3.63) is 29.6 Å². The summed E-state index contributed by atoms with van der Waals surface area (Å²) in [7, 11) is 1.48. The summed E-state index contributed by atoms with van der Waals surface area (Å²) in [5, 5.41) is 3.20. The summed E-state index contributed by atoms with van der Waals surface area (Å²) in [5.74, 6) is 0.0460. The van der Waals surface area contributed by atoms with Crippen molar-refractivity contribution in [2.75, 3.05) is 40.0 Å². The van der Waals surface area contributed by atoms with Crippen molar-refractivity contribution in [1.29, 1.82) is 0 Å². The quantitative estimate of drug-likeness (QED) is 0.888. The zero-order valence-corrected chi connectivity index (χ0v) is 10.5. The number of piperazine rings is 1. The minimum Gasteiger partial charge on any atom is -0.497 e. The van der Waals surface area contributed by atoms with Gasteiger partial charge in [-0.1, -0.05) is 6.07 Å². The molecular weight excluding hydrogens is 238 g/mol. The minimum absolute atomic E-state index is 0.403. The first-order valence-corrected chi connectivity index (χ1v) is 6.10. The Balaban J connectivity index is 2.20. The number of benzene rings is 1. The first kappa shape index (κ1) is 13.2. The molecule has 1 aliphatic heterocycles. The van der Waals surface area contributed by atoms with Gasteiger partial charge in [0.25, 0.3) is 0 Å². The standard InChI is InChI=1S/C13H18F2N2O/c1-18-10-2-3-11(12(15)8-10)13(9-14)17-6-4-16-5-7-17/h2-3,8,13,16H,4-7,9H2,1H3/t13-/m1/s1. The third-order valence-corrected chi connectivity index (χ3v) is 3.31. The Morgan fingerprint density at radius 3 is 2.67 bits per heavy atom. The van der Waals surface area contributed by atoms with Gasteiger partial charge in [-0.25, -0.2) is 8.78 Å². The van der Waals surface area contributed by atoms with Gasteiger partial charge < -0.3 is 10.1 Å². The third kappa shape index (κ3) is 2.79. The zero-order chi connectivity index (χ0) is 13.0. The predicted molar refractivity (Wildman–Crippen MR) is 66.1 cm³/mol. The topological polar surface area (TPSA) is 24.5 Å². The van der Waals surface area contributed by atoms with Crippen molar-refractivity contribution in [3.63, 3.8) is 0 Å². The molecule has 1 aliphatic rings. The number of ether oxygens (including phenoxy) is 1. The summed E-state index contributed by atoms with van der Waals surface area (Å²) in [5.41, 5.74) is 0.403. The van der Waals surface area contributed by atoms with Gasteiger partial charge in [0, 0.05) is 37.8 Å². The molecule has 2 rings (SSSR count). The van der Waals surface area contributed by atoms with Crippen molar-refractivity contribution < 1.29 is 13.5 Å². The van der Waals surface area contributed by atoms with Crippen LogP contribution in [0.2, 0.25) is 0 Å². The Labute approximate surface area is 106 Å². The normalized spacial score (nSPS) is 18.6. The lowest BCUT2D eigenvalue weighted by atomic mass is 10.0. The van der Waals surface area contributed by atoms with Gasteiger partial charge in [-0.05, 0) is 6.07 Å². The maximum absolute atomic E-state index is 13.9. The molecule has 1 aromatic rings. The average Bonchev–Trinajstić information content (AvgIpc) is 2.42. The lowest BCUT2D eigenvalue weighted by Gasteiger charge is -2.33. The van der Waals surface area contributed by atoms with Crippen molar-refractivity contribution in [2.45, 2.75) is 6.04 Å². The Bertz CT molecular complexity index is 395. The molecule has 18 heavy (non-hydrogen) atoms. The van der Waals surface area contributed by atoms with Gasteiger partial charge in [0.2, 0.25) is 0 Å². The van der Waals surface area contributed by atoms with Crippen molar-refractivity contribution in [1.82, 2.24) is 10.2 Å². The maximum atomic E-state index is 13.9. The first-order valence-electron chi connectivity index (χ1n) is 6.10. The van der Waals surface area contributed by atoms with Crippen molar-refractivity contribution in [3.8, 4) is 5.75 Å². The Morgan fingerprint density at radius 2 is 2.11 bits per heavy atom. The van der Waals surface area contributed by atoms with Crippen LogP contribution < -0.4 is 10.1 Å². The van der Waals surface area contributed by atoms with Gasteiger partial charge in [-0.2, -0.15) is 0 Å². The van der Waals surface area contributed by atoms with Gasteiger partial charge in [0.1, 0.15) is 18.2 Å². The SMILES string of the molecule is COc1ccc([C@@H](CF)N2CCNCC2)c(F)c1. The molecule has 1 aromatic carbocycles. The van der Waals surface area contributed by atoms with E-state index in [1.807, 2.05) is 4.90 Å². The molecule has 0 spiro atoms. The van der Waals surface area contributed by atoms with E-state index < -0.39 is 18.5 Å². The van der Waals surface area contributed by atoms with Crippen LogP contribution in [0.3, 0.4) is 0 Å². The average molecular weight is 256 g/mol. The lowest BCUT2D eigenvalue weighted by molar-refractivity contribution is 0.144. The number of rotatable bonds is 4. The highest BCUT2D eigenvalue weighted by molar-refractivity contribution is 5.31. The molecule has 1 heterocycles. The highest BCUT2D eigenvalue weighted by Gasteiger charge is 2.24. The molecule has 0 bridgehead atoms. The molecule has 3 nitrogen and oxygen atoms in total. The van der Waals surface area contributed by atoms with Crippen LogP contribution >= 0.6 is 0 Å². The van der Waals surface area contributed by atoms with Crippen molar-refractivity contribution in [2.24, 2.45) is 0 Å². The van der Waals surface area contributed by atoms with Crippen LogP contribution in [0.15, 0.2) is 18.2 Å². The van der Waals surface area contributed by atoms with Gasteiger partial charge in [0.05, 0.1) is 13.2 Å². The fraction of sp³-hybridized carbons (Fsp3) is 0.538. The lowest BCUT2D eigenvalue weighted by Crippen LogP contribution is -2.45. The number of methoxy groups -OCH3 is 1. The largest absolute Gasteiger partial charge is 0.497 e. The molecule has 5 heteroatoms. The summed E-state index contributed by atoms with van der Waals surface area (Å²) >= 11 is 0. The van der Waals surface area contributed by atoms with E-state index in [4.69, 9.17) is 4.74 Å². The highest BCUT2D eigenvalue weighted by atomic mass is 19.1. The van der Waals surface area contributed by atoms with E-state index in [0.29, 0.717) is 11.3 Å². The molecule has 0 aliphatic carbocycles. The number of hydrogen-bond donors (Lipinski definition) is 1. The second kappa shape index (κ2) is 6.11. The second-order valence-corrected chi connectivity index (χ2v) is 4.34. The smallest absolute Gasteiger partial charge is 0.131 e. The molecule has 1 N–H and O–H groups in total. The van der Waals surface area contributed by atoms with E-state index in [2.05, 4.69) is 5.32 Å². The molecule has 100 valence electrons. The van der Waals surface area contributed by atoms with Crippen LogP contribution in [-0.2, 0) is 0 Å². The molecule has 1 atom stereocenters. The molecule has 0 unspecified atom stereocenters. The molecule has 0 aromatic heterocycles. The van der Waals surface area contributed by atoms with E-state index in [-0.39, 0.29) is 0 Å².